The van der Waals surface area contributed by atoms with Crippen molar-refractivity contribution < 1.29 is 18.7 Å². The van der Waals surface area contributed by atoms with E-state index in [0.29, 0.717) is 20.9 Å². The van der Waals surface area contributed by atoms with E-state index >= 15 is 0 Å². The van der Waals surface area contributed by atoms with Crippen LogP contribution in [0, 0.1) is 0 Å². The number of carbonyl (C=O) groups is 1. The van der Waals surface area contributed by atoms with Crippen molar-refractivity contribution in [2.45, 2.75) is 6.92 Å². The van der Waals surface area contributed by atoms with E-state index in [0.717, 1.165) is 16.9 Å². The van der Waals surface area contributed by atoms with Gasteiger partial charge in [0.2, 0.25) is 5.89 Å². The number of thiazole rings is 1. The smallest absolute Gasteiger partial charge is 0.346 e. The molecule has 0 fully saturated rings. The van der Waals surface area contributed by atoms with Gasteiger partial charge in [-0.2, -0.15) is 0 Å². The lowest BCUT2D eigenvalue weighted by Crippen LogP contribution is -2.21. The Morgan fingerprint density at radius 2 is 1.89 bits per heavy atom. The molecule has 0 saturated carbocycles. The van der Waals surface area contributed by atoms with Crippen molar-refractivity contribution in [2.75, 3.05) is 13.7 Å². The molecule has 1 N–H and O–H groups in total. The maximum absolute atomic E-state index is 12.8. The van der Waals surface area contributed by atoms with Crippen LogP contribution in [0.3, 0.4) is 0 Å². The van der Waals surface area contributed by atoms with Crippen LogP contribution in [0.2, 0.25) is 0 Å². The lowest BCUT2D eigenvalue weighted by atomic mass is 10.2. The average Bonchev–Trinajstić information content (AvgIpc) is 3.50. The monoisotopic (exact) mass is 509 g/mol. The summed E-state index contributed by atoms with van der Waals surface area (Å²) in [5.41, 5.74) is 1.03. The van der Waals surface area contributed by atoms with E-state index in [1.54, 1.807) is 50.5 Å². The summed E-state index contributed by atoms with van der Waals surface area (Å²) >= 11 is 7.40. The number of aromatic amines is 1. The number of ether oxygens (including phenoxy) is 2. The van der Waals surface area contributed by atoms with Crippen molar-refractivity contribution in [3.8, 4) is 17.2 Å². The predicted octanol–water partition coefficient (Wildman–Crippen LogP) is 3.32. The second-order valence-corrected chi connectivity index (χ2v) is 8.49. The van der Waals surface area contributed by atoms with Crippen LogP contribution in [0.1, 0.15) is 18.4 Å². The Morgan fingerprint density at radius 3 is 2.57 bits per heavy atom. The van der Waals surface area contributed by atoms with Crippen molar-refractivity contribution in [3.63, 3.8) is 0 Å². The Bertz CT molecular complexity index is 1540. The van der Waals surface area contributed by atoms with Gasteiger partial charge in [-0.15, -0.1) is 21.5 Å². The standard InChI is InChI=1S/C25H20ClN3O5S/c1-3-33-25(31)20(23-29-28-22(34-23)16-9-11-17(32-2)12-10-16)24-27-21(30)19(35-24)14-13-18(26)15-7-5-4-6-8-15/h4-14H,3H2,1-2H3,(H,27,30)/b18-13?,19-14?,24-20-. The molecule has 4 rings (SSSR count). The fraction of sp³-hybridized carbons (Fsp3) is 0.120. The van der Waals surface area contributed by atoms with E-state index in [2.05, 4.69) is 15.2 Å². The van der Waals surface area contributed by atoms with Crippen LogP contribution >= 0.6 is 22.9 Å². The number of esters is 1. The Hall–Kier alpha value is -3.95. The van der Waals surface area contributed by atoms with Gasteiger partial charge in [0.25, 0.3) is 11.4 Å². The molecule has 0 aliphatic heterocycles. The number of nitrogens with zero attached hydrogens (tertiary/aromatic N) is 2. The third kappa shape index (κ3) is 5.59. The molecule has 0 bridgehead atoms. The average molecular weight is 510 g/mol. The number of methoxy groups -OCH3 is 1. The highest BCUT2D eigenvalue weighted by Crippen LogP contribution is 2.23. The van der Waals surface area contributed by atoms with Gasteiger partial charge in [-0.05, 0) is 48.9 Å². The third-order valence-electron chi connectivity index (χ3n) is 4.78. The van der Waals surface area contributed by atoms with E-state index in [1.807, 2.05) is 30.3 Å². The number of hydrogen-bond acceptors (Lipinski definition) is 8. The fourth-order valence-corrected chi connectivity index (χ4v) is 4.17. The molecule has 0 radical (unpaired) electrons. The molecular formula is C25H20ClN3O5S. The van der Waals surface area contributed by atoms with Gasteiger partial charge in [-0.3, -0.25) is 4.79 Å². The van der Waals surface area contributed by atoms with Crippen molar-refractivity contribution in [1.82, 2.24) is 15.2 Å². The predicted molar refractivity (Wildman–Crippen MR) is 134 cm³/mol. The molecule has 8 nitrogen and oxygen atoms in total. The van der Waals surface area contributed by atoms with Crippen LogP contribution in [0.4, 0.5) is 0 Å². The number of benzene rings is 2. The molecule has 35 heavy (non-hydrogen) atoms. The van der Waals surface area contributed by atoms with E-state index in [4.69, 9.17) is 25.5 Å². The molecule has 2 heterocycles. The lowest BCUT2D eigenvalue weighted by Gasteiger charge is -2.01. The number of halogens is 1. The molecular weight excluding hydrogens is 490 g/mol. The van der Waals surface area contributed by atoms with Crippen LogP contribution < -0.4 is 19.5 Å². The Kier molecular flexibility index (Phi) is 7.59. The maximum atomic E-state index is 12.8. The SMILES string of the molecule is CCOC(=O)/C(c1nnc(-c2ccc(OC)cc2)o1)=c1/[nH]c(=O)c(=CC=C(Cl)c2ccccc2)s1. The fourth-order valence-electron chi connectivity index (χ4n) is 3.07. The van der Waals surface area contributed by atoms with Crippen molar-refractivity contribution in [3.05, 3.63) is 91.7 Å². The molecule has 0 spiro atoms. The summed E-state index contributed by atoms with van der Waals surface area (Å²) < 4.78 is 16.7. The largest absolute Gasteiger partial charge is 0.497 e. The third-order valence-corrected chi connectivity index (χ3v) is 6.17. The number of H-pyrrole nitrogens is 1. The number of nitrogens with one attached hydrogen (secondary N) is 1. The van der Waals surface area contributed by atoms with Crippen molar-refractivity contribution in [2.24, 2.45) is 0 Å². The molecule has 0 unspecified atom stereocenters. The van der Waals surface area contributed by atoms with Crippen LogP contribution in [0.5, 0.6) is 5.75 Å². The minimum atomic E-state index is -0.695. The van der Waals surface area contributed by atoms with Crippen LogP contribution in [-0.4, -0.2) is 34.9 Å². The highest BCUT2D eigenvalue weighted by atomic mass is 35.5. The zero-order chi connectivity index (χ0) is 24.8. The van der Waals surface area contributed by atoms with Crippen molar-refractivity contribution in [1.29, 1.82) is 0 Å². The van der Waals surface area contributed by atoms with Crippen LogP contribution in [0.15, 0.2) is 69.9 Å². The Labute approximate surface area is 208 Å². The molecule has 10 heteroatoms. The van der Waals surface area contributed by atoms with Gasteiger partial charge in [0.05, 0.1) is 18.2 Å². The molecule has 4 aromatic rings. The topological polar surface area (TPSA) is 107 Å². The highest BCUT2D eigenvalue weighted by molar-refractivity contribution is 7.07. The normalized spacial score (nSPS) is 13.0. The molecule has 2 aromatic carbocycles. The number of aromatic nitrogens is 3. The number of rotatable bonds is 7. The lowest BCUT2D eigenvalue weighted by molar-refractivity contribution is -0.136. The quantitative estimate of drug-likeness (QED) is 0.381. The van der Waals surface area contributed by atoms with Gasteiger partial charge >= 0.3 is 5.97 Å². The summed E-state index contributed by atoms with van der Waals surface area (Å²) in [6.07, 6.45) is 3.21. The van der Waals surface area contributed by atoms with Gasteiger partial charge < -0.3 is 18.9 Å². The summed E-state index contributed by atoms with van der Waals surface area (Å²) in [4.78, 5) is 28.1. The van der Waals surface area contributed by atoms with Gasteiger partial charge in [0.15, 0.2) is 5.57 Å². The van der Waals surface area contributed by atoms with E-state index in [-0.39, 0.29) is 28.6 Å². The number of hydrogen-bond donors (Lipinski definition) is 1. The summed E-state index contributed by atoms with van der Waals surface area (Å²) in [5, 5.41) is 8.54. The van der Waals surface area contributed by atoms with Crippen LogP contribution in [-0.2, 0) is 9.53 Å². The zero-order valence-electron chi connectivity index (χ0n) is 18.8. The summed E-state index contributed by atoms with van der Waals surface area (Å²) in [6.45, 7) is 1.81. The van der Waals surface area contributed by atoms with E-state index < -0.39 is 11.5 Å². The Morgan fingerprint density at radius 1 is 1.14 bits per heavy atom. The summed E-state index contributed by atoms with van der Waals surface area (Å²) in [7, 11) is 1.57. The van der Waals surface area contributed by atoms with Gasteiger partial charge in [0.1, 0.15) is 10.4 Å². The maximum Gasteiger partial charge on any atom is 0.346 e. The Balaban J connectivity index is 1.78. The molecule has 0 atom stereocenters. The van der Waals surface area contributed by atoms with Gasteiger partial charge in [-0.25, -0.2) is 4.79 Å². The molecule has 178 valence electrons. The molecule has 0 aliphatic carbocycles. The number of carbonyl (C=O) groups excluding carboxylic acids is 1. The van der Waals surface area contributed by atoms with Crippen LogP contribution in [0.25, 0.3) is 28.1 Å². The summed E-state index contributed by atoms with van der Waals surface area (Å²) in [5.74, 6) is 0.108. The molecule has 0 aliphatic rings. The van der Waals surface area contributed by atoms with Gasteiger partial charge in [-0.1, -0.05) is 41.9 Å². The van der Waals surface area contributed by atoms with Gasteiger partial charge in [0, 0.05) is 10.6 Å². The molecule has 2 aromatic heterocycles. The molecule has 0 amide bonds. The second-order valence-electron chi connectivity index (χ2n) is 7.03. The minimum Gasteiger partial charge on any atom is -0.497 e. The van der Waals surface area contributed by atoms with E-state index in [9.17, 15) is 9.59 Å². The van der Waals surface area contributed by atoms with E-state index in [1.165, 1.54) is 0 Å². The molecule has 0 saturated heterocycles. The first-order valence-electron chi connectivity index (χ1n) is 10.5. The summed E-state index contributed by atoms with van der Waals surface area (Å²) in [6, 6.07) is 16.4. The first kappa shape index (κ1) is 24.2. The second kappa shape index (κ2) is 11.0. The first-order chi connectivity index (χ1) is 17.0. The first-order valence-corrected chi connectivity index (χ1v) is 11.7. The number of allylic oxidation sites excluding steroid dienone is 1. The van der Waals surface area contributed by atoms with Crippen molar-refractivity contribution >= 4 is 45.6 Å². The highest BCUT2D eigenvalue weighted by Gasteiger charge is 2.23. The minimum absolute atomic E-state index is 0.0287. The zero-order valence-corrected chi connectivity index (χ0v) is 20.4.